The van der Waals surface area contributed by atoms with Crippen LogP contribution in [0.2, 0.25) is 0 Å². The van der Waals surface area contributed by atoms with E-state index in [9.17, 15) is 14.9 Å². The largest absolute Gasteiger partial charge is 0.465 e. The first-order chi connectivity index (χ1) is 9.47. The molecule has 0 radical (unpaired) electrons. The Bertz CT molecular complexity index is 666. The molecule has 0 spiro atoms. The number of carbonyl (C=O) groups is 1. The molecule has 7 heteroatoms. The van der Waals surface area contributed by atoms with E-state index in [1.54, 1.807) is 12.1 Å². The van der Waals surface area contributed by atoms with Gasteiger partial charge in [-0.1, -0.05) is 0 Å². The quantitative estimate of drug-likeness (QED) is 0.685. The van der Waals surface area contributed by atoms with Gasteiger partial charge >= 0.3 is 0 Å². The SMILES string of the molecule is Cc1ccc(CNC(=O)c2cc([N+](=O)[O-])ccc2Br)o1. The monoisotopic (exact) mass is 338 g/mol. The van der Waals surface area contributed by atoms with Gasteiger partial charge in [0, 0.05) is 16.6 Å². The van der Waals surface area contributed by atoms with Crippen LogP contribution in [-0.2, 0) is 6.54 Å². The van der Waals surface area contributed by atoms with Gasteiger partial charge in [-0.15, -0.1) is 0 Å². The van der Waals surface area contributed by atoms with Gasteiger partial charge in [0.05, 0.1) is 17.0 Å². The average Bonchev–Trinajstić information content (AvgIpc) is 2.82. The van der Waals surface area contributed by atoms with E-state index in [1.807, 2.05) is 6.92 Å². The lowest BCUT2D eigenvalue weighted by molar-refractivity contribution is -0.384. The van der Waals surface area contributed by atoms with E-state index < -0.39 is 10.8 Å². The van der Waals surface area contributed by atoms with Crippen LogP contribution in [0.15, 0.2) is 39.2 Å². The first-order valence-corrected chi connectivity index (χ1v) is 6.54. The van der Waals surface area contributed by atoms with Crippen LogP contribution in [0.4, 0.5) is 5.69 Å². The number of hydrogen-bond donors (Lipinski definition) is 1. The van der Waals surface area contributed by atoms with E-state index in [-0.39, 0.29) is 17.8 Å². The first-order valence-electron chi connectivity index (χ1n) is 5.75. The van der Waals surface area contributed by atoms with Gasteiger partial charge in [0.1, 0.15) is 11.5 Å². The topological polar surface area (TPSA) is 85.4 Å². The van der Waals surface area contributed by atoms with E-state index in [1.165, 1.54) is 18.2 Å². The Morgan fingerprint density at radius 1 is 1.40 bits per heavy atom. The number of nitro groups is 1. The molecule has 1 aromatic carbocycles. The number of rotatable bonds is 4. The van der Waals surface area contributed by atoms with Crippen LogP contribution >= 0.6 is 15.9 Å². The fourth-order valence-corrected chi connectivity index (χ4v) is 2.07. The summed E-state index contributed by atoms with van der Waals surface area (Å²) in [5.74, 6) is 0.970. The number of nitro benzene ring substituents is 1. The summed E-state index contributed by atoms with van der Waals surface area (Å²) in [6.07, 6.45) is 0. The Morgan fingerprint density at radius 3 is 2.75 bits per heavy atom. The molecule has 1 amide bonds. The summed E-state index contributed by atoms with van der Waals surface area (Å²) in [7, 11) is 0. The fraction of sp³-hybridized carbons (Fsp3) is 0.154. The first kappa shape index (κ1) is 14.3. The zero-order valence-corrected chi connectivity index (χ0v) is 12.1. The van der Waals surface area contributed by atoms with Crippen molar-refractivity contribution in [3.05, 3.63) is 62.0 Å². The third-order valence-electron chi connectivity index (χ3n) is 2.62. The average molecular weight is 339 g/mol. The lowest BCUT2D eigenvalue weighted by atomic mass is 10.2. The number of non-ortho nitro benzene ring substituents is 1. The maximum absolute atomic E-state index is 12.0. The number of nitrogens with one attached hydrogen (secondary N) is 1. The van der Waals surface area contributed by atoms with Crippen LogP contribution < -0.4 is 5.32 Å². The Labute approximate surface area is 123 Å². The highest BCUT2D eigenvalue weighted by molar-refractivity contribution is 9.10. The van der Waals surface area contributed by atoms with Crippen molar-refractivity contribution in [3.8, 4) is 0 Å². The van der Waals surface area contributed by atoms with Crippen molar-refractivity contribution in [1.82, 2.24) is 5.32 Å². The second-order valence-electron chi connectivity index (χ2n) is 4.12. The standard InChI is InChI=1S/C13H11BrN2O4/c1-8-2-4-10(20-8)7-15-13(17)11-6-9(16(18)19)3-5-12(11)14/h2-6H,7H2,1H3,(H,15,17). The zero-order valence-electron chi connectivity index (χ0n) is 10.6. The fourth-order valence-electron chi connectivity index (χ4n) is 1.64. The van der Waals surface area contributed by atoms with Crippen LogP contribution in [0.1, 0.15) is 21.9 Å². The molecule has 1 aromatic heterocycles. The molecule has 0 aliphatic carbocycles. The lowest BCUT2D eigenvalue weighted by Gasteiger charge is -2.05. The van der Waals surface area contributed by atoms with E-state index in [0.717, 1.165) is 5.76 Å². The number of carbonyl (C=O) groups excluding carboxylic acids is 1. The van der Waals surface area contributed by atoms with Gasteiger partial charge in [-0.05, 0) is 41.1 Å². The van der Waals surface area contributed by atoms with Crippen LogP contribution in [0.25, 0.3) is 0 Å². The minimum atomic E-state index is -0.543. The summed E-state index contributed by atoms with van der Waals surface area (Å²) in [5, 5.41) is 13.4. The van der Waals surface area contributed by atoms with Crippen LogP contribution in [-0.4, -0.2) is 10.8 Å². The minimum absolute atomic E-state index is 0.132. The van der Waals surface area contributed by atoms with Crippen LogP contribution in [0.3, 0.4) is 0 Å². The Kier molecular flexibility index (Phi) is 4.19. The maximum Gasteiger partial charge on any atom is 0.270 e. The molecule has 0 aliphatic rings. The summed E-state index contributed by atoms with van der Waals surface area (Å²) < 4.78 is 5.82. The van der Waals surface area contributed by atoms with Crippen molar-refractivity contribution in [2.24, 2.45) is 0 Å². The lowest BCUT2D eigenvalue weighted by Crippen LogP contribution is -2.23. The number of furan rings is 1. The van der Waals surface area contributed by atoms with Crippen LogP contribution in [0.5, 0.6) is 0 Å². The zero-order chi connectivity index (χ0) is 14.7. The number of benzene rings is 1. The molecule has 0 unspecified atom stereocenters. The minimum Gasteiger partial charge on any atom is -0.465 e. The van der Waals surface area contributed by atoms with Gasteiger partial charge in [0.2, 0.25) is 0 Å². The molecule has 0 bridgehead atoms. The van der Waals surface area contributed by atoms with Gasteiger partial charge in [-0.3, -0.25) is 14.9 Å². The molecular formula is C13H11BrN2O4. The number of aryl methyl sites for hydroxylation is 1. The third-order valence-corrected chi connectivity index (χ3v) is 3.32. The second kappa shape index (κ2) is 5.87. The molecule has 104 valence electrons. The Balaban J connectivity index is 2.12. The van der Waals surface area contributed by atoms with Crippen LogP contribution in [0, 0.1) is 17.0 Å². The van der Waals surface area contributed by atoms with E-state index in [0.29, 0.717) is 10.2 Å². The Morgan fingerprint density at radius 2 is 2.15 bits per heavy atom. The molecule has 0 saturated carbocycles. The number of nitrogens with zero attached hydrogens (tertiary/aromatic N) is 1. The smallest absolute Gasteiger partial charge is 0.270 e. The summed E-state index contributed by atoms with van der Waals surface area (Å²) in [4.78, 5) is 22.2. The molecule has 2 aromatic rings. The highest BCUT2D eigenvalue weighted by atomic mass is 79.9. The predicted octanol–water partition coefficient (Wildman–Crippen LogP) is 3.19. The van der Waals surface area contributed by atoms with Crippen molar-refractivity contribution in [1.29, 1.82) is 0 Å². The van der Waals surface area contributed by atoms with Gasteiger partial charge in [-0.25, -0.2) is 0 Å². The predicted molar refractivity (Wildman–Crippen MR) is 75.4 cm³/mol. The number of hydrogen-bond acceptors (Lipinski definition) is 4. The highest BCUT2D eigenvalue weighted by Crippen LogP contribution is 2.22. The Hall–Kier alpha value is -2.15. The maximum atomic E-state index is 12.0. The molecule has 2 rings (SSSR count). The van der Waals surface area contributed by atoms with Gasteiger partial charge in [0.15, 0.2) is 0 Å². The molecule has 0 saturated heterocycles. The van der Waals surface area contributed by atoms with E-state index in [2.05, 4.69) is 21.2 Å². The van der Waals surface area contributed by atoms with Crippen molar-refractivity contribution >= 4 is 27.5 Å². The molecule has 0 fully saturated rings. The van der Waals surface area contributed by atoms with Crippen molar-refractivity contribution in [3.63, 3.8) is 0 Å². The summed E-state index contributed by atoms with van der Waals surface area (Å²) in [5.41, 5.74) is 0.0784. The van der Waals surface area contributed by atoms with E-state index in [4.69, 9.17) is 4.42 Å². The van der Waals surface area contributed by atoms with Crippen molar-refractivity contribution in [2.45, 2.75) is 13.5 Å². The molecule has 20 heavy (non-hydrogen) atoms. The molecular weight excluding hydrogens is 328 g/mol. The summed E-state index contributed by atoms with van der Waals surface area (Å²) >= 11 is 3.20. The third kappa shape index (κ3) is 3.24. The van der Waals surface area contributed by atoms with E-state index >= 15 is 0 Å². The molecule has 1 N–H and O–H groups in total. The van der Waals surface area contributed by atoms with Gasteiger partial charge in [-0.2, -0.15) is 0 Å². The van der Waals surface area contributed by atoms with Crippen molar-refractivity contribution < 1.29 is 14.1 Å². The second-order valence-corrected chi connectivity index (χ2v) is 4.97. The van der Waals surface area contributed by atoms with Gasteiger partial charge in [0.25, 0.3) is 11.6 Å². The van der Waals surface area contributed by atoms with Gasteiger partial charge < -0.3 is 9.73 Å². The van der Waals surface area contributed by atoms with Crippen molar-refractivity contribution in [2.75, 3.05) is 0 Å². The molecule has 1 heterocycles. The molecule has 6 nitrogen and oxygen atoms in total. The molecule has 0 aliphatic heterocycles. The summed E-state index contributed by atoms with van der Waals surface area (Å²) in [6, 6.07) is 7.59. The number of amides is 1. The highest BCUT2D eigenvalue weighted by Gasteiger charge is 2.15. The summed E-state index contributed by atoms with van der Waals surface area (Å²) in [6.45, 7) is 2.03. The molecule has 0 atom stereocenters. The number of halogens is 1. The normalized spacial score (nSPS) is 10.3.